The first kappa shape index (κ1) is 15.1. The molecule has 1 aromatic rings. The van der Waals surface area contributed by atoms with Crippen molar-refractivity contribution in [2.24, 2.45) is 17.3 Å². The topological polar surface area (TPSA) is 103 Å². The largest absolute Gasteiger partial charge is 0.497 e. The van der Waals surface area contributed by atoms with Gasteiger partial charge in [-0.15, -0.1) is 0 Å². The monoisotopic (exact) mass is 309 g/mol. The van der Waals surface area contributed by atoms with Gasteiger partial charge >= 0.3 is 0 Å². The van der Waals surface area contributed by atoms with Crippen molar-refractivity contribution in [1.82, 2.24) is 5.32 Å². The Hall–Kier alpha value is -2.86. The molecule has 1 N–H and O–H groups in total. The maximum atomic E-state index is 12.1. The second kappa shape index (κ2) is 5.40. The van der Waals surface area contributed by atoms with E-state index in [0.29, 0.717) is 25.0 Å². The molecule has 6 heteroatoms. The number of hydrogen-bond donors (Lipinski definition) is 1. The van der Waals surface area contributed by atoms with Gasteiger partial charge in [-0.2, -0.15) is 10.5 Å². The van der Waals surface area contributed by atoms with Gasteiger partial charge in [0.15, 0.2) is 0 Å². The number of nitrogens with one attached hydrogen (secondary N) is 1. The molecule has 1 aromatic carbocycles. The van der Waals surface area contributed by atoms with Gasteiger partial charge in [0.25, 0.3) is 0 Å². The van der Waals surface area contributed by atoms with Crippen LogP contribution in [0, 0.1) is 39.9 Å². The van der Waals surface area contributed by atoms with E-state index in [1.54, 1.807) is 7.11 Å². The third-order valence-corrected chi connectivity index (χ3v) is 4.97. The van der Waals surface area contributed by atoms with Gasteiger partial charge < -0.3 is 4.74 Å². The number of rotatable bonds is 1. The quantitative estimate of drug-likeness (QED) is 0.783. The van der Waals surface area contributed by atoms with E-state index < -0.39 is 29.1 Å². The first-order valence-corrected chi connectivity index (χ1v) is 7.35. The number of ether oxygens (including phenoxy) is 1. The van der Waals surface area contributed by atoms with Crippen LogP contribution in [0.15, 0.2) is 18.2 Å². The molecule has 0 bridgehead atoms. The Morgan fingerprint density at radius 1 is 1.17 bits per heavy atom. The van der Waals surface area contributed by atoms with Crippen LogP contribution in [0.5, 0.6) is 5.75 Å². The number of benzene rings is 1. The van der Waals surface area contributed by atoms with E-state index in [0.717, 1.165) is 11.1 Å². The Kier molecular flexibility index (Phi) is 3.54. The van der Waals surface area contributed by atoms with Crippen LogP contribution in [0.2, 0.25) is 0 Å². The third-order valence-electron chi connectivity index (χ3n) is 4.97. The molecule has 0 radical (unpaired) electrons. The number of piperidine rings is 1. The van der Waals surface area contributed by atoms with Crippen LogP contribution in [-0.2, 0) is 22.4 Å². The van der Waals surface area contributed by atoms with Crippen LogP contribution in [-0.4, -0.2) is 18.9 Å². The number of amides is 2. The Bertz CT molecular complexity index is 740. The number of nitriles is 2. The van der Waals surface area contributed by atoms with E-state index in [9.17, 15) is 20.1 Å². The first-order valence-electron chi connectivity index (χ1n) is 7.35. The number of aryl methyl sites for hydroxylation is 1. The summed E-state index contributed by atoms with van der Waals surface area (Å²) in [5, 5.41) is 21.1. The zero-order valence-corrected chi connectivity index (χ0v) is 12.6. The molecule has 1 fully saturated rings. The lowest BCUT2D eigenvalue weighted by Crippen LogP contribution is -2.59. The summed E-state index contributed by atoms with van der Waals surface area (Å²) in [6.07, 6.45) is 1.42. The molecule has 23 heavy (non-hydrogen) atoms. The third kappa shape index (κ3) is 2.15. The lowest BCUT2D eigenvalue weighted by Gasteiger charge is -2.45. The predicted octanol–water partition coefficient (Wildman–Crippen LogP) is 1.11. The normalized spacial score (nSPS) is 29.2. The second-order valence-corrected chi connectivity index (χ2v) is 6.02. The van der Waals surface area contributed by atoms with Gasteiger partial charge in [-0.25, -0.2) is 0 Å². The molecule has 2 unspecified atom stereocenters. The van der Waals surface area contributed by atoms with E-state index in [1.807, 2.05) is 30.3 Å². The number of carbonyl (C=O) groups is 2. The molecule has 6 nitrogen and oxygen atoms in total. The minimum atomic E-state index is -1.01. The van der Waals surface area contributed by atoms with Gasteiger partial charge in [-0.05, 0) is 42.5 Å². The van der Waals surface area contributed by atoms with Gasteiger partial charge in [0.2, 0.25) is 11.8 Å². The second-order valence-electron chi connectivity index (χ2n) is 6.02. The Labute approximate surface area is 133 Å². The predicted molar refractivity (Wildman–Crippen MR) is 78.8 cm³/mol. The summed E-state index contributed by atoms with van der Waals surface area (Å²) >= 11 is 0. The molecule has 1 spiro atoms. The Morgan fingerprint density at radius 2 is 1.83 bits per heavy atom. The summed E-state index contributed by atoms with van der Waals surface area (Å²) in [5.74, 6) is -2.55. The van der Waals surface area contributed by atoms with Crippen molar-refractivity contribution in [1.29, 1.82) is 10.5 Å². The smallest absolute Gasteiger partial charge is 0.244 e. The van der Waals surface area contributed by atoms with E-state index in [-0.39, 0.29) is 0 Å². The number of methoxy groups -OCH3 is 1. The highest BCUT2D eigenvalue weighted by Gasteiger charge is 2.57. The number of hydrogen-bond acceptors (Lipinski definition) is 5. The minimum absolute atomic E-state index is 0.342. The summed E-state index contributed by atoms with van der Waals surface area (Å²) in [7, 11) is 1.56. The summed E-state index contributed by atoms with van der Waals surface area (Å²) in [6.45, 7) is 0. The summed E-state index contributed by atoms with van der Waals surface area (Å²) in [5.41, 5.74) is 1.06. The molecule has 0 saturated carbocycles. The Morgan fingerprint density at radius 3 is 2.39 bits per heavy atom. The van der Waals surface area contributed by atoms with Crippen LogP contribution in [0.1, 0.15) is 17.5 Å². The highest BCUT2D eigenvalue weighted by molar-refractivity contribution is 6.03. The molecule has 2 aliphatic rings. The SMILES string of the molecule is COc1ccc2c(c1)CC1(CC2)C(C#N)C(=O)NC(=O)C1C#N. The average Bonchev–Trinajstić information content (AvgIpc) is 2.54. The molecule has 1 aliphatic heterocycles. The molecule has 116 valence electrons. The highest BCUT2D eigenvalue weighted by atomic mass is 16.5. The average molecular weight is 309 g/mol. The number of carbonyl (C=O) groups excluding carboxylic acids is 2. The van der Waals surface area contributed by atoms with Gasteiger partial charge in [-0.3, -0.25) is 14.9 Å². The molecule has 2 amide bonds. The van der Waals surface area contributed by atoms with Crippen molar-refractivity contribution in [3.8, 4) is 17.9 Å². The number of nitrogens with zero attached hydrogens (tertiary/aromatic N) is 2. The maximum absolute atomic E-state index is 12.1. The van der Waals surface area contributed by atoms with Gasteiger partial charge in [0.1, 0.15) is 17.6 Å². The van der Waals surface area contributed by atoms with Gasteiger partial charge in [0, 0.05) is 5.41 Å². The molecular formula is C17H15N3O3. The van der Waals surface area contributed by atoms with Crippen LogP contribution < -0.4 is 10.1 Å². The zero-order chi connectivity index (χ0) is 16.6. The van der Waals surface area contributed by atoms with Crippen LogP contribution >= 0.6 is 0 Å². The van der Waals surface area contributed by atoms with Crippen molar-refractivity contribution < 1.29 is 14.3 Å². The molecule has 3 rings (SSSR count). The zero-order valence-electron chi connectivity index (χ0n) is 12.6. The summed E-state index contributed by atoms with van der Waals surface area (Å²) in [4.78, 5) is 24.2. The fraction of sp³-hybridized carbons (Fsp3) is 0.412. The van der Waals surface area contributed by atoms with E-state index in [2.05, 4.69) is 5.32 Å². The summed E-state index contributed by atoms with van der Waals surface area (Å²) in [6, 6.07) is 9.69. The fourth-order valence-corrected chi connectivity index (χ4v) is 3.77. The van der Waals surface area contributed by atoms with Crippen LogP contribution in [0.25, 0.3) is 0 Å². The van der Waals surface area contributed by atoms with Crippen molar-refractivity contribution in [3.63, 3.8) is 0 Å². The molecule has 0 aromatic heterocycles. The molecule has 1 saturated heterocycles. The van der Waals surface area contributed by atoms with E-state index in [4.69, 9.17) is 4.74 Å². The highest BCUT2D eigenvalue weighted by Crippen LogP contribution is 2.49. The molecular weight excluding hydrogens is 294 g/mol. The number of imide groups is 1. The Balaban J connectivity index is 2.11. The minimum Gasteiger partial charge on any atom is -0.497 e. The lowest BCUT2D eigenvalue weighted by molar-refractivity contribution is -0.145. The summed E-state index contributed by atoms with van der Waals surface area (Å²) < 4.78 is 5.23. The van der Waals surface area contributed by atoms with Crippen molar-refractivity contribution >= 4 is 11.8 Å². The van der Waals surface area contributed by atoms with Crippen LogP contribution in [0.4, 0.5) is 0 Å². The first-order chi connectivity index (χ1) is 11.1. The molecule has 2 atom stereocenters. The fourth-order valence-electron chi connectivity index (χ4n) is 3.77. The maximum Gasteiger partial charge on any atom is 0.244 e. The standard InChI is InChI=1S/C17H15N3O3/c1-23-12-3-2-10-4-5-17(7-11(10)6-12)13(8-18)15(21)20-16(22)14(17)9-19/h2-3,6,13-14H,4-5,7H2,1H3,(H,20,21,22). The molecule has 1 aliphatic carbocycles. The van der Waals surface area contributed by atoms with Crippen molar-refractivity contribution in [2.45, 2.75) is 19.3 Å². The van der Waals surface area contributed by atoms with Crippen LogP contribution in [0.3, 0.4) is 0 Å². The lowest BCUT2D eigenvalue weighted by atomic mass is 9.56. The van der Waals surface area contributed by atoms with E-state index >= 15 is 0 Å². The van der Waals surface area contributed by atoms with Gasteiger partial charge in [-0.1, -0.05) is 6.07 Å². The van der Waals surface area contributed by atoms with E-state index in [1.165, 1.54) is 0 Å². The van der Waals surface area contributed by atoms with Crippen molar-refractivity contribution in [3.05, 3.63) is 29.3 Å². The van der Waals surface area contributed by atoms with Gasteiger partial charge in [0.05, 0.1) is 19.2 Å². The molecule has 1 heterocycles. The number of fused-ring (bicyclic) bond motifs is 1. The van der Waals surface area contributed by atoms with Crippen molar-refractivity contribution in [2.75, 3.05) is 7.11 Å².